The summed E-state index contributed by atoms with van der Waals surface area (Å²) < 4.78 is 50.0. The Bertz CT molecular complexity index is 593. The lowest BCUT2D eigenvalue weighted by atomic mass is 10.1. The molecule has 106 valence electrons. The number of hydrogen-bond donors (Lipinski definition) is 1. The van der Waals surface area contributed by atoms with E-state index in [-0.39, 0.29) is 5.02 Å². The second-order valence-corrected chi connectivity index (χ2v) is 4.58. The monoisotopic (exact) mass is 303 g/mol. The molecule has 0 radical (unpaired) electrons. The van der Waals surface area contributed by atoms with Crippen LogP contribution in [-0.4, -0.2) is 0 Å². The summed E-state index contributed by atoms with van der Waals surface area (Å²) in [5.74, 6) is -0.449. The molecule has 2 rings (SSSR count). The first-order chi connectivity index (χ1) is 9.36. The zero-order valence-corrected chi connectivity index (χ0v) is 10.9. The van der Waals surface area contributed by atoms with E-state index in [0.29, 0.717) is 17.8 Å². The Kier molecular flexibility index (Phi) is 4.18. The van der Waals surface area contributed by atoms with Gasteiger partial charge in [-0.25, -0.2) is 4.39 Å². The zero-order valence-electron chi connectivity index (χ0n) is 10.1. The summed E-state index contributed by atoms with van der Waals surface area (Å²) >= 11 is 5.83. The molecule has 2 aromatic rings. The van der Waals surface area contributed by atoms with Crippen LogP contribution in [0, 0.1) is 5.82 Å². The van der Waals surface area contributed by atoms with E-state index in [0.717, 1.165) is 18.2 Å². The van der Waals surface area contributed by atoms with Crippen LogP contribution in [0.4, 0.5) is 23.2 Å². The van der Waals surface area contributed by atoms with Crippen LogP contribution in [0.15, 0.2) is 42.5 Å². The lowest BCUT2D eigenvalue weighted by Gasteiger charge is -2.10. The minimum absolute atomic E-state index is 0.219. The summed E-state index contributed by atoms with van der Waals surface area (Å²) in [4.78, 5) is 0. The van der Waals surface area contributed by atoms with Gasteiger partial charge in [-0.15, -0.1) is 0 Å². The number of alkyl halides is 3. The highest BCUT2D eigenvalue weighted by Crippen LogP contribution is 2.29. The second kappa shape index (κ2) is 5.71. The van der Waals surface area contributed by atoms with E-state index in [2.05, 4.69) is 5.32 Å². The van der Waals surface area contributed by atoms with Crippen LogP contribution in [0.5, 0.6) is 0 Å². The van der Waals surface area contributed by atoms with Crippen LogP contribution >= 0.6 is 11.6 Å². The predicted molar refractivity (Wildman–Crippen MR) is 70.2 cm³/mol. The average molecular weight is 304 g/mol. The minimum Gasteiger partial charge on any atom is -0.380 e. The van der Waals surface area contributed by atoms with Gasteiger partial charge in [0.1, 0.15) is 5.82 Å². The second-order valence-electron chi connectivity index (χ2n) is 4.17. The molecule has 1 nitrogen and oxygen atoms in total. The Morgan fingerprint density at radius 1 is 1.00 bits per heavy atom. The summed E-state index contributed by atoms with van der Waals surface area (Å²) in [7, 11) is 0. The summed E-state index contributed by atoms with van der Waals surface area (Å²) in [6.45, 7) is 0.295. The van der Waals surface area contributed by atoms with Gasteiger partial charge in [0, 0.05) is 6.54 Å². The van der Waals surface area contributed by atoms with Crippen molar-refractivity contribution in [1.29, 1.82) is 0 Å². The SMILES string of the molecule is Fc1ccc(NCc2ccc(C(F)(F)F)cc2)c(Cl)c1. The van der Waals surface area contributed by atoms with Crippen LogP contribution < -0.4 is 5.32 Å². The third kappa shape index (κ3) is 3.63. The first-order valence-electron chi connectivity index (χ1n) is 5.71. The van der Waals surface area contributed by atoms with E-state index >= 15 is 0 Å². The minimum atomic E-state index is -4.34. The maximum Gasteiger partial charge on any atom is 0.416 e. The van der Waals surface area contributed by atoms with Gasteiger partial charge in [-0.05, 0) is 35.9 Å². The van der Waals surface area contributed by atoms with E-state index < -0.39 is 17.6 Å². The molecule has 20 heavy (non-hydrogen) atoms. The quantitative estimate of drug-likeness (QED) is 0.777. The van der Waals surface area contributed by atoms with Crippen LogP contribution in [0.2, 0.25) is 5.02 Å². The zero-order chi connectivity index (χ0) is 14.8. The summed E-state index contributed by atoms with van der Waals surface area (Å²) in [6, 6.07) is 8.69. The molecule has 0 unspecified atom stereocenters. The van der Waals surface area contributed by atoms with E-state index in [1.165, 1.54) is 24.3 Å². The number of rotatable bonds is 3. The third-order valence-corrected chi connectivity index (χ3v) is 3.01. The molecule has 1 N–H and O–H groups in total. The lowest BCUT2D eigenvalue weighted by molar-refractivity contribution is -0.137. The topological polar surface area (TPSA) is 12.0 Å². The van der Waals surface area contributed by atoms with Gasteiger partial charge in [0.2, 0.25) is 0 Å². The predicted octanol–water partition coefficient (Wildman–Crippen LogP) is 5.11. The van der Waals surface area contributed by atoms with Crippen molar-refractivity contribution in [3.05, 3.63) is 64.4 Å². The van der Waals surface area contributed by atoms with Crippen LogP contribution in [0.3, 0.4) is 0 Å². The molecule has 0 aromatic heterocycles. The highest BCUT2D eigenvalue weighted by atomic mass is 35.5. The van der Waals surface area contributed by atoms with Gasteiger partial charge in [-0.3, -0.25) is 0 Å². The molecule has 0 fully saturated rings. The Morgan fingerprint density at radius 3 is 2.20 bits per heavy atom. The van der Waals surface area contributed by atoms with Gasteiger partial charge in [0.05, 0.1) is 16.3 Å². The van der Waals surface area contributed by atoms with Crippen molar-refractivity contribution in [1.82, 2.24) is 0 Å². The molecule has 0 amide bonds. The molecule has 2 aromatic carbocycles. The molecule has 0 atom stereocenters. The highest BCUT2D eigenvalue weighted by Gasteiger charge is 2.29. The summed E-state index contributed by atoms with van der Waals surface area (Å²) in [5.41, 5.74) is 0.493. The van der Waals surface area contributed by atoms with E-state index in [1.54, 1.807) is 0 Å². The number of hydrogen-bond acceptors (Lipinski definition) is 1. The first-order valence-corrected chi connectivity index (χ1v) is 6.09. The molecule has 0 aliphatic carbocycles. The molecule has 0 aliphatic rings. The molecule has 6 heteroatoms. The Labute approximate surface area is 118 Å². The van der Waals surface area contributed by atoms with Crippen molar-refractivity contribution in [2.24, 2.45) is 0 Å². The Balaban J connectivity index is 2.04. The fraction of sp³-hybridized carbons (Fsp3) is 0.143. The van der Waals surface area contributed by atoms with E-state index in [9.17, 15) is 17.6 Å². The van der Waals surface area contributed by atoms with Gasteiger partial charge in [-0.1, -0.05) is 23.7 Å². The van der Waals surface area contributed by atoms with Crippen LogP contribution in [-0.2, 0) is 12.7 Å². The van der Waals surface area contributed by atoms with Crippen molar-refractivity contribution < 1.29 is 17.6 Å². The number of benzene rings is 2. The molecule has 0 heterocycles. The summed E-state index contributed by atoms with van der Waals surface area (Å²) in [5, 5.41) is 3.15. The van der Waals surface area contributed by atoms with Crippen molar-refractivity contribution >= 4 is 17.3 Å². The largest absolute Gasteiger partial charge is 0.416 e. The Morgan fingerprint density at radius 2 is 1.65 bits per heavy atom. The fourth-order valence-electron chi connectivity index (χ4n) is 1.64. The maximum absolute atomic E-state index is 12.8. The van der Waals surface area contributed by atoms with Gasteiger partial charge in [-0.2, -0.15) is 13.2 Å². The molecule has 0 saturated carbocycles. The lowest BCUT2D eigenvalue weighted by Crippen LogP contribution is -2.05. The van der Waals surface area contributed by atoms with Crippen molar-refractivity contribution in [2.45, 2.75) is 12.7 Å². The average Bonchev–Trinajstić information content (AvgIpc) is 2.37. The van der Waals surface area contributed by atoms with Crippen LogP contribution in [0.25, 0.3) is 0 Å². The number of nitrogens with one attached hydrogen (secondary N) is 1. The molecule has 0 spiro atoms. The number of anilines is 1. The summed E-state index contributed by atoms with van der Waals surface area (Å²) in [6.07, 6.45) is -4.34. The first kappa shape index (κ1) is 14.7. The molecular formula is C14H10ClF4N. The Hall–Kier alpha value is -1.75. The maximum atomic E-state index is 12.8. The van der Waals surface area contributed by atoms with Crippen LogP contribution in [0.1, 0.15) is 11.1 Å². The number of halogens is 5. The highest BCUT2D eigenvalue weighted by molar-refractivity contribution is 6.33. The van der Waals surface area contributed by atoms with Crippen molar-refractivity contribution in [3.8, 4) is 0 Å². The van der Waals surface area contributed by atoms with Crippen molar-refractivity contribution in [3.63, 3.8) is 0 Å². The normalized spacial score (nSPS) is 11.4. The molecular weight excluding hydrogens is 294 g/mol. The van der Waals surface area contributed by atoms with E-state index in [1.807, 2.05) is 0 Å². The molecule has 0 saturated heterocycles. The van der Waals surface area contributed by atoms with Crippen molar-refractivity contribution in [2.75, 3.05) is 5.32 Å². The third-order valence-electron chi connectivity index (χ3n) is 2.70. The van der Waals surface area contributed by atoms with Gasteiger partial charge >= 0.3 is 6.18 Å². The molecule has 0 aliphatic heterocycles. The van der Waals surface area contributed by atoms with E-state index in [4.69, 9.17) is 11.6 Å². The van der Waals surface area contributed by atoms with Gasteiger partial charge < -0.3 is 5.32 Å². The smallest absolute Gasteiger partial charge is 0.380 e. The van der Waals surface area contributed by atoms with Gasteiger partial charge in [0.25, 0.3) is 0 Å². The standard InChI is InChI=1S/C14H10ClF4N/c15-12-7-11(16)5-6-13(12)20-8-9-1-3-10(4-2-9)14(17,18)19/h1-7,20H,8H2. The molecule has 0 bridgehead atoms. The van der Waals surface area contributed by atoms with Gasteiger partial charge in [0.15, 0.2) is 0 Å². The fourth-order valence-corrected chi connectivity index (χ4v) is 1.88.